The number of hydrogen-bond donors (Lipinski definition) is 1. The molecular weight excluding hydrogens is 535 g/mol. The average Bonchev–Trinajstić information content (AvgIpc) is 3.53. The zero-order chi connectivity index (χ0) is 28.6. The number of nitrogens with two attached hydrogens (primary N) is 1. The molecule has 5 rings (SSSR count). The molecule has 1 aromatic heterocycles. The van der Waals surface area contributed by atoms with E-state index < -0.39 is 0 Å². The number of ether oxygens (including phenoxy) is 1. The summed E-state index contributed by atoms with van der Waals surface area (Å²) in [6.07, 6.45) is 5.75. The molecule has 216 valence electrons. The minimum atomic E-state index is -0.276. The van der Waals surface area contributed by atoms with Gasteiger partial charge in [-0.3, -0.25) is 9.89 Å². The van der Waals surface area contributed by atoms with E-state index in [4.69, 9.17) is 15.5 Å². The number of rotatable bonds is 10. The fourth-order valence-electron chi connectivity index (χ4n) is 5.40. The normalized spacial score (nSPS) is 17.7. The van der Waals surface area contributed by atoms with Crippen LogP contribution in [0.25, 0.3) is 0 Å². The Morgan fingerprint density at radius 1 is 1.10 bits per heavy atom. The van der Waals surface area contributed by atoms with Gasteiger partial charge in [0.05, 0.1) is 35.3 Å². The summed E-state index contributed by atoms with van der Waals surface area (Å²) in [5.74, 6) is 0.218. The molecule has 0 aliphatic carbocycles. The number of morpholine rings is 1. The molecule has 2 aliphatic rings. The van der Waals surface area contributed by atoms with E-state index in [0.29, 0.717) is 18.4 Å². The minimum Gasteiger partial charge on any atom is -0.384 e. The number of halogens is 1. The first-order valence-corrected chi connectivity index (χ1v) is 15.3. The number of hydrogen-bond acceptors (Lipinski definition) is 7. The predicted octanol–water partition coefficient (Wildman–Crippen LogP) is 5.36. The second-order valence-corrected chi connectivity index (χ2v) is 11.6. The van der Waals surface area contributed by atoms with Crippen LogP contribution in [0.5, 0.6) is 0 Å². The molecule has 0 amide bonds. The van der Waals surface area contributed by atoms with Crippen LogP contribution < -0.4 is 5.73 Å². The molecule has 0 spiro atoms. The molecule has 3 aromatic rings. The molecule has 2 fully saturated rings. The third kappa shape index (κ3) is 7.67. The van der Waals surface area contributed by atoms with E-state index in [2.05, 4.69) is 26.4 Å². The van der Waals surface area contributed by atoms with Gasteiger partial charge in [0.2, 0.25) is 0 Å². The molecule has 0 radical (unpaired) electrons. The molecule has 2 N–H and O–H groups in total. The summed E-state index contributed by atoms with van der Waals surface area (Å²) in [4.78, 5) is 18.9. The molecule has 2 aromatic carbocycles. The maximum absolute atomic E-state index is 13.8. The fraction of sp³-hybridized carbons (Fsp3) is 0.406. The third-order valence-corrected chi connectivity index (χ3v) is 8.69. The first-order chi connectivity index (χ1) is 20.0. The molecule has 0 saturated carbocycles. The SMILES string of the molecule is C=C(C(=Nc1cc(C(N)=NCCCc2nccs2)ccc1C)c1ccc(F)cc1)N1CCC(N2CCOCC2)CC1. The summed E-state index contributed by atoms with van der Waals surface area (Å²) >= 11 is 1.66. The lowest BCUT2D eigenvalue weighted by Crippen LogP contribution is -2.49. The Balaban J connectivity index is 1.34. The Bertz CT molecular complexity index is 1360. The van der Waals surface area contributed by atoms with Crippen LogP contribution in [0, 0.1) is 12.7 Å². The van der Waals surface area contributed by atoms with Gasteiger partial charge >= 0.3 is 0 Å². The number of aliphatic imine (C=N–C) groups is 2. The summed E-state index contributed by atoms with van der Waals surface area (Å²) in [6, 6.07) is 13.1. The molecule has 3 heterocycles. The van der Waals surface area contributed by atoms with Crippen LogP contribution >= 0.6 is 11.3 Å². The van der Waals surface area contributed by atoms with Crippen molar-refractivity contribution in [3.8, 4) is 0 Å². The molecule has 0 bridgehead atoms. The van der Waals surface area contributed by atoms with Gasteiger partial charge < -0.3 is 15.4 Å². The Hall–Kier alpha value is -3.40. The molecule has 0 atom stereocenters. The maximum atomic E-state index is 13.8. The van der Waals surface area contributed by atoms with E-state index in [1.165, 1.54) is 12.1 Å². The Morgan fingerprint density at radius 2 is 1.83 bits per heavy atom. The van der Waals surface area contributed by atoms with Crippen molar-refractivity contribution in [2.75, 3.05) is 45.9 Å². The highest BCUT2D eigenvalue weighted by Crippen LogP contribution is 2.27. The molecule has 41 heavy (non-hydrogen) atoms. The van der Waals surface area contributed by atoms with Crippen LogP contribution in [-0.2, 0) is 11.2 Å². The summed E-state index contributed by atoms with van der Waals surface area (Å²) in [6.45, 7) is 12.6. The highest BCUT2D eigenvalue weighted by atomic mass is 32.1. The zero-order valence-corrected chi connectivity index (χ0v) is 24.6. The fourth-order valence-corrected chi connectivity index (χ4v) is 6.07. The smallest absolute Gasteiger partial charge is 0.125 e. The van der Waals surface area contributed by atoms with Crippen LogP contribution in [0.1, 0.15) is 41.0 Å². The number of piperidine rings is 1. The number of allylic oxidation sites excluding steroid dienone is 1. The predicted molar refractivity (Wildman–Crippen MR) is 166 cm³/mol. The van der Waals surface area contributed by atoms with Crippen molar-refractivity contribution in [3.63, 3.8) is 0 Å². The van der Waals surface area contributed by atoms with E-state index in [9.17, 15) is 4.39 Å². The van der Waals surface area contributed by atoms with Gasteiger partial charge in [0.25, 0.3) is 0 Å². The molecule has 0 unspecified atom stereocenters. The van der Waals surface area contributed by atoms with Crippen molar-refractivity contribution >= 4 is 28.6 Å². The Labute approximate surface area is 246 Å². The largest absolute Gasteiger partial charge is 0.384 e. The van der Waals surface area contributed by atoms with Gasteiger partial charge in [-0.1, -0.05) is 18.7 Å². The van der Waals surface area contributed by atoms with Gasteiger partial charge in [-0.2, -0.15) is 0 Å². The zero-order valence-electron chi connectivity index (χ0n) is 23.8. The molecular formula is C32H39FN6OS. The van der Waals surface area contributed by atoms with Gasteiger partial charge in [-0.15, -0.1) is 11.3 Å². The van der Waals surface area contributed by atoms with Crippen molar-refractivity contribution in [2.45, 2.75) is 38.6 Å². The minimum absolute atomic E-state index is 0.276. The van der Waals surface area contributed by atoms with E-state index in [0.717, 1.165) is 104 Å². The number of benzene rings is 2. The monoisotopic (exact) mass is 574 g/mol. The van der Waals surface area contributed by atoms with Crippen molar-refractivity contribution in [3.05, 3.63) is 93.8 Å². The highest BCUT2D eigenvalue weighted by Gasteiger charge is 2.27. The Kier molecular flexibility index (Phi) is 9.92. The van der Waals surface area contributed by atoms with E-state index in [-0.39, 0.29) is 5.82 Å². The van der Waals surface area contributed by atoms with Crippen LogP contribution in [0.15, 0.2) is 76.3 Å². The summed E-state index contributed by atoms with van der Waals surface area (Å²) in [5.41, 5.74) is 11.5. The number of thiazole rings is 1. The molecule has 2 saturated heterocycles. The lowest BCUT2D eigenvalue weighted by molar-refractivity contribution is 0.00385. The van der Waals surface area contributed by atoms with Crippen LogP contribution in [0.2, 0.25) is 0 Å². The van der Waals surface area contributed by atoms with Gasteiger partial charge in [0.15, 0.2) is 0 Å². The van der Waals surface area contributed by atoms with Crippen LogP contribution in [0.3, 0.4) is 0 Å². The second-order valence-electron chi connectivity index (χ2n) is 10.6. The standard InChI is InChI=1S/C32H39FN6OS/c1-23-5-6-26(32(34)36-13-3-4-30-35-14-21-41-30)22-29(23)37-31(25-7-9-27(33)10-8-25)24(2)38-15-11-28(12-16-38)39-17-19-40-20-18-39/h5-10,14,21-22,28H,2-4,11-13,15-20H2,1H3,(H2,34,36). The molecule has 2 aliphatic heterocycles. The number of amidine groups is 1. The average molecular weight is 575 g/mol. The van der Waals surface area contributed by atoms with Crippen molar-refractivity contribution < 1.29 is 9.13 Å². The highest BCUT2D eigenvalue weighted by molar-refractivity contribution is 7.09. The first-order valence-electron chi connectivity index (χ1n) is 14.4. The van der Waals surface area contributed by atoms with E-state index in [1.807, 2.05) is 36.7 Å². The summed E-state index contributed by atoms with van der Waals surface area (Å²) in [7, 11) is 0. The lowest BCUT2D eigenvalue weighted by atomic mass is 9.99. The number of aromatic nitrogens is 1. The van der Waals surface area contributed by atoms with Gasteiger partial charge in [0.1, 0.15) is 11.7 Å². The third-order valence-electron chi connectivity index (χ3n) is 7.85. The quantitative estimate of drug-likeness (QED) is 0.200. The van der Waals surface area contributed by atoms with Crippen LogP contribution in [-0.4, -0.2) is 78.3 Å². The molecule has 7 nitrogen and oxygen atoms in total. The molecule has 9 heteroatoms. The van der Waals surface area contributed by atoms with Gasteiger partial charge in [-0.05, 0) is 62.1 Å². The first kappa shape index (κ1) is 29.1. The van der Waals surface area contributed by atoms with Gasteiger partial charge in [-0.25, -0.2) is 14.4 Å². The van der Waals surface area contributed by atoms with Crippen molar-refractivity contribution in [2.24, 2.45) is 15.7 Å². The number of likely N-dealkylation sites (tertiary alicyclic amines) is 1. The summed E-state index contributed by atoms with van der Waals surface area (Å²) in [5, 5.41) is 3.11. The van der Waals surface area contributed by atoms with E-state index >= 15 is 0 Å². The number of aryl methyl sites for hydroxylation is 2. The summed E-state index contributed by atoms with van der Waals surface area (Å²) < 4.78 is 19.4. The van der Waals surface area contributed by atoms with Crippen molar-refractivity contribution in [1.82, 2.24) is 14.8 Å². The van der Waals surface area contributed by atoms with Crippen LogP contribution in [0.4, 0.5) is 10.1 Å². The maximum Gasteiger partial charge on any atom is 0.125 e. The Morgan fingerprint density at radius 3 is 2.54 bits per heavy atom. The second kappa shape index (κ2) is 14.0. The van der Waals surface area contributed by atoms with Gasteiger partial charge in [0, 0.05) is 67.9 Å². The van der Waals surface area contributed by atoms with E-state index in [1.54, 1.807) is 23.5 Å². The topological polar surface area (TPSA) is 79.3 Å². The lowest BCUT2D eigenvalue weighted by Gasteiger charge is -2.41. The van der Waals surface area contributed by atoms with Crippen molar-refractivity contribution in [1.29, 1.82) is 0 Å². The number of nitrogens with zero attached hydrogens (tertiary/aromatic N) is 5.